The smallest absolute Gasteiger partial charge is 0.323 e. The van der Waals surface area contributed by atoms with Crippen LogP contribution in [0.5, 0.6) is 6.01 Å². The van der Waals surface area contributed by atoms with Crippen LogP contribution >= 0.6 is 0 Å². The van der Waals surface area contributed by atoms with Crippen LogP contribution in [0.15, 0.2) is 0 Å². The third-order valence-electron chi connectivity index (χ3n) is 2.08. The predicted octanol–water partition coefficient (Wildman–Crippen LogP) is -0.533. The van der Waals surface area contributed by atoms with Crippen molar-refractivity contribution in [1.29, 1.82) is 0 Å². The first-order valence-electron chi connectivity index (χ1n) is 5.64. The molecule has 0 aliphatic carbocycles. The molecule has 4 N–H and O–H groups in total. The van der Waals surface area contributed by atoms with Gasteiger partial charge in [-0.3, -0.25) is 0 Å². The number of nitrogens with zero attached hydrogens (tertiary/aromatic N) is 3. The van der Waals surface area contributed by atoms with Gasteiger partial charge in [0, 0.05) is 13.6 Å². The standard InChI is InChI=1S/C10H19N5O3/c1-4-18-9-14-7(11-3)13-8(15-9)12-5-10(2,17)6-16/h16-17H,4-6H2,1-3H3,(H2,11,12,13,14,15). The lowest BCUT2D eigenvalue weighted by Gasteiger charge is -2.20. The quantitative estimate of drug-likeness (QED) is 0.515. The Morgan fingerprint density at radius 1 is 1.28 bits per heavy atom. The molecule has 0 saturated heterocycles. The number of hydrogen-bond donors (Lipinski definition) is 4. The Labute approximate surface area is 105 Å². The third-order valence-corrected chi connectivity index (χ3v) is 2.08. The maximum Gasteiger partial charge on any atom is 0.323 e. The molecule has 0 amide bonds. The molecule has 1 rings (SSSR count). The molecule has 0 spiro atoms. The first-order chi connectivity index (χ1) is 8.50. The Kier molecular flexibility index (Phi) is 5.05. The number of rotatable bonds is 7. The molecule has 0 aromatic carbocycles. The molecule has 1 aromatic rings. The molecule has 8 heteroatoms. The Morgan fingerprint density at radius 3 is 2.50 bits per heavy atom. The van der Waals surface area contributed by atoms with E-state index in [9.17, 15) is 5.11 Å². The molecule has 1 heterocycles. The van der Waals surface area contributed by atoms with Gasteiger partial charge in [0.15, 0.2) is 0 Å². The Hall–Kier alpha value is -1.67. The summed E-state index contributed by atoms with van der Waals surface area (Å²) in [5.74, 6) is 0.631. The third kappa shape index (κ3) is 4.30. The van der Waals surface area contributed by atoms with Crippen LogP contribution in [-0.4, -0.2) is 57.6 Å². The van der Waals surface area contributed by atoms with E-state index >= 15 is 0 Å². The van der Waals surface area contributed by atoms with Crippen LogP contribution in [0.3, 0.4) is 0 Å². The van der Waals surface area contributed by atoms with Crippen molar-refractivity contribution < 1.29 is 14.9 Å². The Bertz CT molecular complexity index is 386. The number of aromatic nitrogens is 3. The Balaban J connectivity index is 2.78. The van der Waals surface area contributed by atoms with Crippen molar-refractivity contribution in [3.63, 3.8) is 0 Å². The number of aliphatic hydroxyl groups excluding tert-OH is 1. The fourth-order valence-corrected chi connectivity index (χ4v) is 1.07. The fourth-order valence-electron chi connectivity index (χ4n) is 1.07. The van der Waals surface area contributed by atoms with Gasteiger partial charge in [-0.25, -0.2) is 0 Å². The highest BCUT2D eigenvalue weighted by atomic mass is 16.5. The van der Waals surface area contributed by atoms with Gasteiger partial charge in [-0.2, -0.15) is 15.0 Å². The largest absolute Gasteiger partial charge is 0.464 e. The summed E-state index contributed by atoms with van der Waals surface area (Å²) in [5.41, 5.74) is -1.24. The SMILES string of the molecule is CCOc1nc(NC)nc(NCC(C)(O)CO)n1. The summed E-state index contributed by atoms with van der Waals surface area (Å²) in [6, 6.07) is 0.197. The second kappa shape index (κ2) is 6.31. The van der Waals surface area contributed by atoms with E-state index in [1.165, 1.54) is 6.92 Å². The van der Waals surface area contributed by atoms with Crippen molar-refractivity contribution in [3.8, 4) is 6.01 Å². The monoisotopic (exact) mass is 257 g/mol. The molecule has 0 radical (unpaired) electrons. The van der Waals surface area contributed by atoms with Gasteiger partial charge in [-0.05, 0) is 13.8 Å². The lowest BCUT2D eigenvalue weighted by atomic mass is 10.1. The summed E-state index contributed by atoms with van der Waals surface area (Å²) in [7, 11) is 1.68. The normalized spacial score (nSPS) is 13.8. The van der Waals surface area contributed by atoms with Crippen molar-refractivity contribution in [2.75, 3.05) is 37.4 Å². The molecular weight excluding hydrogens is 238 g/mol. The highest BCUT2D eigenvalue weighted by molar-refractivity contribution is 5.35. The fraction of sp³-hybridized carbons (Fsp3) is 0.700. The predicted molar refractivity (Wildman–Crippen MR) is 66.7 cm³/mol. The van der Waals surface area contributed by atoms with E-state index < -0.39 is 5.60 Å². The van der Waals surface area contributed by atoms with E-state index in [1.807, 2.05) is 6.92 Å². The highest BCUT2D eigenvalue weighted by Gasteiger charge is 2.19. The van der Waals surface area contributed by atoms with E-state index in [-0.39, 0.29) is 25.1 Å². The molecule has 8 nitrogen and oxygen atoms in total. The maximum absolute atomic E-state index is 9.65. The second-order valence-electron chi connectivity index (χ2n) is 3.96. The first kappa shape index (κ1) is 14.4. The van der Waals surface area contributed by atoms with E-state index in [4.69, 9.17) is 9.84 Å². The van der Waals surface area contributed by atoms with Crippen LogP contribution in [-0.2, 0) is 0 Å². The van der Waals surface area contributed by atoms with Crippen LogP contribution in [0.25, 0.3) is 0 Å². The zero-order chi connectivity index (χ0) is 13.6. The lowest BCUT2D eigenvalue weighted by Crippen LogP contribution is -2.37. The average Bonchev–Trinajstić information content (AvgIpc) is 2.37. The van der Waals surface area contributed by atoms with E-state index in [2.05, 4.69) is 25.6 Å². The van der Waals surface area contributed by atoms with Crippen molar-refractivity contribution in [1.82, 2.24) is 15.0 Å². The number of hydrogen-bond acceptors (Lipinski definition) is 8. The molecule has 18 heavy (non-hydrogen) atoms. The van der Waals surface area contributed by atoms with Gasteiger partial charge in [0.05, 0.1) is 13.2 Å². The van der Waals surface area contributed by atoms with Gasteiger partial charge in [-0.15, -0.1) is 0 Å². The molecule has 0 aliphatic rings. The minimum absolute atomic E-state index is 0.113. The maximum atomic E-state index is 9.65. The zero-order valence-electron chi connectivity index (χ0n) is 10.8. The molecule has 1 aromatic heterocycles. The minimum Gasteiger partial charge on any atom is -0.464 e. The van der Waals surface area contributed by atoms with Crippen LogP contribution in [0, 0.1) is 0 Å². The van der Waals surface area contributed by atoms with Crippen LogP contribution < -0.4 is 15.4 Å². The van der Waals surface area contributed by atoms with Gasteiger partial charge >= 0.3 is 6.01 Å². The summed E-state index contributed by atoms with van der Waals surface area (Å²) in [5, 5.41) is 24.2. The molecule has 0 saturated carbocycles. The van der Waals surface area contributed by atoms with Gasteiger partial charge in [-0.1, -0.05) is 0 Å². The summed E-state index contributed by atoms with van der Waals surface area (Å²) in [4.78, 5) is 12.1. The lowest BCUT2D eigenvalue weighted by molar-refractivity contribution is 0.0131. The van der Waals surface area contributed by atoms with Crippen LogP contribution in [0.2, 0.25) is 0 Å². The number of anilines is 2. The molecule has 0 fully saturated rings. The van der Waals surface area contributed by atoms with Gasteiger partial charge in [0.1, 0.15) is 5.60 Å². The number of ether oxygens (including phenoxy) is 1. The van der Waals surface area contributed by atoms with Crippen LogP contribution in [0.1, 0.15) is 13.8 Å². The second-order valence-corrected chi connectivity index (χ2v) is 3.96. The van der Waals surface area contributed by atoms with Crippen molar-refractivity contribution >= 4 is 11.9 Å². The minimum atomic E-state index is -1.24. The summed E-state index contributed by atoms with van der Waals surface area (Å²) < 4.78 is 5.19. The molecular formula is C10H19N5O3. The molecule has 1 atom stereocenters. The molecule has 1 unspecified atom stereocenters. The zero-order valence-corrected chi connectivity index (χ0v) is 10.8. The van der Waals surface area contributed by atoms with Crippen LogP contribution in [0.4, 0.5) is 11.9 Å². The molecule has 0 bridgehead atoms. The van der Waals surface area contributed by atoms with Gasteiger partial charge < -0.3 is 25.6 Å². The Morgan fingerprint density at radius 2 is 1.94 bits per heavy atom. The van der Waals surface area contributed by atoms with Gasteiger partial charge in [0.25, 0.3) is 0 Å². The number of aliphatic hydroxyl groups is 2. The van der Waals surface area contributed by atoms with E-state index in [1.54, 1.807) is 7.05 Å². The summed E-state index contributed by atoms with van der Waals surface area (Å²) in [6.45, 7) is 3.53. The summed E-state index contributed by atoms with van der Waals surface area (Å²) >= 11 is 0. The van der Waals surface area contributed by atoms with Crippen molar-refractivity contribution in [3.05, 3.63) is 0 Å². The van der Waals surface area contributed by atoms with Gasteiger partial charge in [0.2, 0.25) is 11.9 Å². The highest BCUT2D eigenvalue weighted by Crippen LogP contribution is 2.12. The first-order valence-corrected chi connectivity index (χ1v) is 5.64. The topological polar surface area (TPSA) is 112 Å². The summed E-state index contributed by atoms with van der Waals surface area (Å²) in [6.07, 6.45) is 0. The number of nitrogens with one attached hydrogen (secondary N) is 2. The molecule has 0 aliphatic heterocycles. The van der Waals surface area contributed by atoms with Crippen molar-refractivity contribution in [2.45, 2.75) is 19.4 Å². The average molecular weight is 257 g/mol. The van der Waals surface area contributed by atoms with E-state index in [0.717, 1.165) is 0 Å². The van der Waals surface area contributed by atoms with E-state index in [0.29, 0.717) is 12.6 Å². The van der Waals surface area contributed by atoms with Crippen molar-refractivity contribution in [2.24, 2.45) is 0 Å². The molecule has 102 valence electrons.